The molecule has 1 aliphatic rings. The molecule has 0 aliphatic carbocycles. The first-order chi connectivity index (χ1) is 12.7. The van der Waals surface area contributed by atoms with E-state index in [1.54, 1.807) is 6.92 Å². The van der Waals surface area contributed by atoms with Crippen molar-refractivity contribution in [3.8, 4) is 0 Å². The molecular weight excluding hydrogens is 328 g/mol. The van der Waals surface area contributed by atoms with Gasteiger partial charge >= 0.3 is 5.97 Å². The molecule has 0 saturated carbocycles. The molecule has 3 rings (SSSR count). The molecule has 1 aliphatic heterocycles. The average molecular weight is 354 g/mol. The summed E-state index contributed by atoms with van der Waals surface area (Å²) in [5.74, 6) is 0.877. The van der Waals surface area contributed by atoms with Crippen LogP contribution in [0, 0.1) is 5.92 Å². The fraction of sp³-hybridized carbons (Fsp3) is 0.450. The molecule has 1 fully saturated rings. The number of aromatic nitrogens is 2. The Bertz CT molecular complexity index is 725. The Labute approximate surface area is 154 Å². The molecule has 26 heavy (non-hydrogen) atoms. The summed E-state index contributed by atoms with van der Waals surface area (Å²) in [6.45, 7) is 7.74. The van der Waals surface area contributed by atoms with Crippen molar-refractivity contribution in [2.75, 3.05) is 25.0 Å². The normalized spacial score (nSPS) is 15.6. The van der Waals surface area contributed by atoms with E-state index in [1.807, 2.05) is 12.1 Å². The van der Waals surface area contributed by atoms with Crippen LogP contribution in [-0.2, 0) is 11.3 Å². The van der Waals surface area contributed by atoms with Crippen molar-refractivity contribution in [1.82, 2.24) is 14.9 Å². The van der Waals surface area contributed by atoms with Gasteiger partial charge in [-0.25, -0.2) is 14.8 Å². The minimum atomic E-state index is -0.424. The van der Waals surface area contributed by atoms with Gasteiger partial charge in [0.25, 0.3) is 0 Å². The molecule has 138 valence electrons. The van der Waals surface area contributed by atoms with E-state index in [-0.39, 0.29) is 0 Å². The van der Waals surface area contributed by atoms with Crippen LogP contribution in [0.25, 0.3) is 0 Å². The second-order valence-electron chi connectivity index (χ2n) is 6.79. The lowest BCUT2D eigenvalue weighted by atomic mass is 9.99. The van der Waals surface area contributed by atoms with Gasteiger partial charge in [0.05, 0.1) is 6.61 Å². The number of carbonyl (C=O) groups is 1. The maximum atomic E-state index is 12.0. The quantitative estimate of drug-likeness (QED) is 0.799. The van der Waals surface area contributed by atoms with E-state index < -0.39 is 5.97 Å². The lowest BCUT2D eigenvalue weighted by Gasteiger charge is -2.30. The number of hydrogen-bond acceptors (Lipinski definition) is 6. The Balaban J connectivity index is 1.64. The molecule has 1 saturated heterocycles. The fourth-order valence-electron chi connectivity index (χ4n) is 3.10. The number of ether oxygens (including phenoxy) is 1. The largest absolute Gasteiger partial charge is 0.462 e. The molecule has 0 amide bonds. The zero-order chi connectivity index (χ0) is 18.4. The van der Waals surface area contributed by atoms with Crippen LogP contribution in [0.3, 0.4) is 0 Å². The van der Waals surface area contributed by atoms with Crippen LogP contribution in [0.5, 0.6) is 0 Å². The highest BCUT2D eigenvalue weighted by Gasteiger charge is 2.16. The third-order valence-electron chi connectivity index (χ3n) is 4.71. The highest BCUT2D eigenvalue weighted by Crippen LogP contribution is 2.21. The molecule has 0 atom stereocenters. The first kappa shape index (κ1) is 18.3. The first-order valence-electron chi connectivity index (χ1n) is 9.21. The van der Waals surface area contributed by atoms with Gasteiger partial charge in [-0.15, -0.1) is 0 Å². The third-order valence-corrected chi connectivity index (χ3v) is 4.71. The van der Waals surface area contributed by atoms with E-state index in [4.69, 9.17) is 4.74 Å². The van der Waals surface area contributed by atoms with E-state index in [9.17, 15) is 4.79 Å². The molecule has 0 radical (unpaired) electrons. The van der Waals surface area contributed by atoms with E-state index >= 15 is 0 Å². The van der Waals surface area contributed by atoms with Crippen LogP contribution in [0.2, 0.25) is 0 Å². The van der Waals surface area contributed by atoms with Crippen LogP contribution in [0.1, 0.15) is 42.6 Å². The van der Waals surface area contributed by atoms with E-state index in [0.717, 1.165) is 18.2 Å². The number of rotatable bonds is 6. The molecule has 6 heteroatoms. The van der Waals surface area contributed by atoms with Crippen molar-refractivity contribution in [2.45, 2.75) is 33.2 Å². The van der Waals surface area contributed by atoms with Gasteiger partial charge in [-0.1, -0.05) is 19.1 Å². The van der Waals surface area contributed by atoms with Crippen LogP contribution < -0.4 is 5.32 Å². The smallest absolute Gasteiger partial charge is 0.343 e. The van der Waals surface area contributed by atoms with Gasteiger partial charge in [-0.05, 0) is 56.5 Å². The van der Waals surface area contributed by atoms with E-state index in [2.05, 4.69) is 39.2 Å². The van der Waals surface area contributed by atoms with Crippen LogP contribution >= 0.6 is 0 Å². The number of benzene rings is 1. The van der Waals surface area contributed by atoms with Crippen molar-refractivity contribution in [3.05, 3.63) is 47.9 Å². The third kappa shape index (κ3) is 4.79. The van der Waals surface area contributed by atoms with Crippen LogP contribution in [0.4, 0.5) is 11.5 Å². The van der Waals surface area contributed by atoms with Gasteiger partial charge in [0.2, 0.25) is 0 Å². The summed E-state index contributed by atoms with van der Waals surface area (Å²) >= 11 is 0. The van der Waals surface area contributed by atoms with Crippen molar-refractivity contribution in [1.29, 1.82) is 0 Å². The van der Waals surface area contributed by atoms with Crippen molar-refractivity contribution in [3.63, 3.8) is 0 Å². The summed E-state index contributed by atoms with van der Waals surface area (Å²) in [4.78, 5) is 22.6. The Morgan fingerprint density at radius 1 is 1.27 bits per heavy atom. The van der Waals surface area contributed by atoms with Crippen molar-refractivity contribution in [2.24, 2.45) is 5.92 Å². The maximum absolute atomic E-state index is 12.0. The second-order valence-corrected chi connectivity index (χ2v) is 6.79. The zero-order valence-corrected chi connectivity index (χ0v) is 15.4. The summed E-state index contributed by atoms with van der Waals surface area (Å²) in [6, 6.07) is 8.26. The number of esters is 1. The SMILES string of the molecule is CCOC(=O)c1cncnc1Nc1ccc(CN2CCC(C)CC2)cc1. The first-order valence-corrected chi connectivity index (χ1v) is 9.21. The van der Waals surface area contributed by atoms with Gasteiger partial charge in [0.15, 0.2) is 0 Å². The van der Waals surface area contributed by atoms with Gasteiger partial charge < -0.3 is 10.1 Å². The molecule has 2 heterocycles. The lowest BCUT2D eigenvalue weighted by molar-refractivity contribution is 0.0526. The molecule has 0 unspecified atom stereocenters. The van der Waals surface area contributed by atoms with Gasteiger partial charge in [0.1, 0.15) is 17.7 Å². The minimum Gasteiger partial charge on any atom is -0.462 e. The monoisotopic (exact) mass is 354 g/mol. The second kappa shape index (κ2) is 8.76. The van der Waals surface area contributed by atoms with Crippen molar-refractivity contribution < 1.29 is 9.53 Å². The molecule has 0 bridgehead atoms. The number of hydrogen-bond donors (Lipinski definition) is 1. The Hall–Kier alpha value is -2.47. The van der Waals surface area contributed by atoms with Crippen molar-refractivity contribution >= 4 is 17.5 Å². The molecular formula is C20H26N4O2. The van der Waals surface area contributed by atoms with Gasteiger partial charge in [-0.2, -0.15) is 0 Å². The van der Waals surface area contributed by atoms with E-state index in [1.165, 1.54) is 44.0 Å². The zero-order valence-electron chi connectivity index (χ0n) is 15.4. The standard InChI is InChI=1S/C20H26N4O2/c1-3-26-20(25)18-12-21-14-22-19(18)23-17-6-4-16(5-7-17)13-24-10-8-15(2)9-11-24/h4-7,12,14-15H,3,8-11,13H2,1-2H3,(H,21,22,23). The number of carbonyl (C=O) groups excluding carboxylic acids is 1. The number of anilines is 2. The molecule has 1 aromatic heterocycles. The van der Waals surface area contributed by atoms with Gasteiger partial charge in [0, 0.05) is 18.4 Å². The fourth-order valence-corrected chi connectivity index (χ4v) is 3.10. The Morgan fingerprint density at radius 2 is 2.00 bits per heavy atom. The highest BCUT2D eigenvalue weighted by atomic mass is 16.5. The summed E-state index contributed by atoms with van der Waals surface area (Å²) in [6.07, 6.45) is 5.45. The molecule has 6 nitrogen and oxygen atoms in total. The van der Waals surface area contributed by atoms with Crippen LogP contribution in [0.15, 0.2) is 36.8 Å². The Kier molecular flexibility index (Phi) is 6.17. The summed E-state index contributed by atoms with van der Waals surface area (Å²) in [5, 5.41) is 3.18. The molecule has 1 N–H and O–H groups in total. The number of piperidine rings is 1. The average Bonchev–Trinajstić information content (AvgIpc) is 2.66. The highest BCUT2D eigenvalue weighted by molar-refractivity contribution is 5.95. The minimum absolute atomic E-state index is 0.317. The molecule has 1 aromatic carbocycles. The lowest BCUT2D eigenvalue weighted by Crippen LogP contribution is -2.32. The van der Waals surface area contributed by atoms with E-state index in [0.29, 0.717) is 18.0 Å². The van der Waals surface area contributed by atoms with Crippen LogP contribution in [-0.4, -0.2) is 40.5 Å². The predicted octanol–water partition coefficient (Wildman–Crippen LogP) is 3.63. The number of likely N-dealkylation sites (tertiary alicyclic amines) is 1. The van der Waals surface area contributed by atoms with Gasteiger partial charge in [-0.3, -0.25) is 4.90 Å². The number of nitrogens with one attached hydrogen (secondary N) is 1. The maximum Gasteiger partial charge on any atom is 0.343 e. The number of nitrogens with zero attached hydrogens (tertiary/aromatic N) is 3. The molecule has 0 spiro atoms. The summed E-state index contributed by atoms with van der Waals surface area (Å²) in [5.41, 5.74) is 2.50. The Morgan fingerprint density at radius 3 is 2.69 bits per heavy atom. The summed E-state index contributed by atoms with van der Waals surface area (Å²) in [7, 11) is 0. The predicted molar refractivity (Wildman–Crippen MR) is 101 cm³/mol. The summed E-state index contributed by atoms with van der Waals surface area (Å²) < 4.78 is 5.05. The molecule has 2 aromatic rings. The topological polar surface area (TPSA) is 67.3 Å².